The molecule has 39 heavy (non-hydrogen) atoms. The number of piperidine rings is 2. The van der Waals surface area contributed by atoms with E-state index in [0.717, 1.165) is 94.6 Å². The number of pyridine rings is 1. The number of hydrogen-bond acceptors (Lipinski definition) is 7. The van der Waals surface area contributed by atoms with Gasteiger partial charge in [-0.25, -0.2) is 4.98 Å². The lowest BCUT2D eigenvalue weighted by molar-refractivity contribution is -0.0364. The predicted octanol–water partition coefficient (Wildman–Crippen LogP) is 4.69. The fourth-order valence-electron chi connectivity index (χ4n) is 6.42. The molecule has 206 valence electrons. The van der Waals surface area contributed by atoms with Gasteiger partial charge in [0, 0.05) is 25.2 Å². The molecule has 6 rings (SSSR count). The van der Waals surface area contributed by atoms with Gasteiger partial charge in [-0.15, -0.1) is 0 Å². The summed E-state index contributed by atoms with van der Waals surface area (Å²) in [5.74, 6) is 1.76. The lowest BCUT2D eigenvalue weighted by Gasteiger charge is -2.35. The van der Waals surface area contributed by atoms with Crippen LogP contribution in [0.25, 0.3) is 0 Å². The molecule has 3 aliphatic heterocycles. The Labute approximate surface area is 235 Å². The second-order valence-corrected chi connectivity index (χ2v) is 11.6. The van der Waals surface area contributed by atoms with Crippen molar-refractivity contribution >= 4 is 23.3 Å². The molecule has 1 N–H and O–H groups in total. The number of ether oxygens (including phenoxy) is 2. The topological polar surface area (TPSA) is 90.7 Å². The summed E-state index contributed by atoms with van der Waals surface area (Å²) < 4.78 is 12.5. The predicted molar refractivity (Wildman–Crippen MR) is 149 cm³/mol. The van der Waals surface area contributed by atoms with Crippen LogP contribution in [0, 0.1) is 11.3 Å². The summed E-state index contributed by atoms with van der Waals surface area (Å²) in [5, 5.41) is 12.9. The standard InChI is InChI=1S/C30H36ClN5O3/c31-27-17-25(4-1-20(27)18-32)39-22-5-2-21(3-6-22)36-19-28-26(30(36)37)7-8-29(34-28)35-15-11-24(12-16-35)38-23-9-13-33-14-10-23/h1,4,7-8,17,21-24,33H,2-3,5-6,9-16,19H2/t21-,22-. The first-order chi connectivity index (χ1) is 19.1. The fourth-order valence-corrected chi connectivity index (χ4v) is 6.63. The molecule has 1 amide bonds. The van der Waals surface area contributed by atoms with Crippen molar-refractivity contribution in [3.63, 3.8) is 0 Å². The number of halogens is 1. The summed E-state index contributed by atoms with van der Waals surface area (Å²) >= 11 is 6.16. The molecule has 0 bridgehead atoms. The number of nitrogens with one attached hydrogen (secondary N) is 1. The molecular weight excluding hydrogens is 514 g/mol. The Hall–Kier alpha value is -2.86. The molecule has 8 nitrogen and oxygen atoms in total. The van der Waals surface area contributed by atoms with Crippen molar-refractivity contribution in [1.82, 2.24) is 15.2 Å². The van der Waals surface area contributed by atoms with Crippen LogP contribution in [0.5, 0.6) is 5.75 Å². The van der Waals surface area contributed by atoms with Gasteiger partial charge in [0.1, 0.15) is 17.6 Å². The van der Waals surface area contributed by atoms with Crippen LogP contribution in [0.2, 0.25) is 5.02 Å². The molecule has 3 fully saturated rings. The fraction of sp³-hybridized carbons (Fsp3) is 0.567. The normalized spacial score (nSPS) is 24.5. The Balaban J connectivity index is 1.01. The summed E-state index contributed by atoms with van der Waals surface area (Å²) in [5.41, 5.74) is 2.09. The summed E-state index contributed by atoms with van der Waals surface area (Å²) in [6.45, 7) is 4.57. The number of anilines is 1. The van der Waals surface area contributed by atoms with Crippen molar-refractivity contribution in [3.05, 3.63) is 52.2 Å². The van der Waals surface area contributed by atoms with Gasteiger partial charge in [0.2, 0.25) is 0 Å². The zero-order chi connectivity index (χ0) is 26.8. The molecule has 0 radical (unpaired) electrons. The summed E-state index contributed by atoms with van der Waals surface area (Å²) in [6.07, 6.45) is 8.61. The van der Waals surface area contributed by atoms with E-state index in [1.165, 1.54) is 0 Å². The number of hydrogen-bond donors (Lipinski definition) is 1. The van der Waals surface area contributed by atoms with Crippen LogP contribution < -0.4 is 15.0 Å². The summed E-state index contributed by atoms with van der Waals surface area (Å²) in [4.78, 5) is 22.6. The van der Waals surface area contributed by atoms with Crippen LogP contribution in [0.3, 0.4) is 0 Å². The Kier molecular flexibility index (Phi) is 7.92. The van der Waals surface area contributed by atoms with Crippen LogP contribution in [-0.2, 0) is 11.3 Å². The number of nitriles is 1. The van der Waals surface area contributed by atoms with Gasteiger partial charge in [0.15, 0.2) is 0 Å². The zero-order valence-electron chi connectivity index (χ0n) is 22.3. The number of nitrogens with zero attached hydrogens (tertiary/aromatic N) is 4. The molecule has 1 aliphatic carbocycles. The molecule has 1 aromatic heterocycles. The van der Waals surface area contributed by atoms with Gasteiger partial charge in [-0.1, -0.05) is 11.6 Å². The van der Waals surface area contributed by atoms with Crippen molar-refractivity contribution in [2.24, 2.45) is 0 Å². The highest BCUT2D eigenvalue weighted by Crippen LogP contribution is 2.34. The highest BCUT2D eigenvalue weighted by atomic mass is 35.5. The number of aromatic nitrogens is 1. The minimum absolute atomic E-state index is 0.0803. The van der Waals surface area contributed by atoms with E-state index in [4.69, 9.17) is 31.3 Å². The SMILES string of the molecule is N#Cc1ccc(O[C@H]2CC[C@H](N3Cc4nc(N5CCC(OC6CCNCC6)CC5)ccc4C3=O)CC2)cc1Cl. The zero-order valence-corrected chi connectivity index (χ0v) is 23.0. The van der Waals surface area contributed by atoms with Crippen molar-refractivity contribution in [1.29, 1.82) is 5.26 Å². The van der Waals surface area contributed by atoms with E-state index < -0.39 is 0 Å². The average Bonchev–Trinajstić information content (AvgIpc) is 3.30. The van der Waals surface area contributed by atoms with Crippen LogP contribution in [0.15, 0.2) is 30.3 Å². The van der Waals surface area contributed by atoms with Gasteiger partial charge in [-0.05, 0) is 88.7 Å². The molecule has 1 aromatic carbocycles. The van der Waals surface area contributed by atoms with E-state index in [1.807, 2.05) is 17.0 Å². The molecule has 1 saturated carbocycles. The maximum atomic E-state index is 13.3. The number of rotatable bonds is 6. The van der Waals surface area contributed by atoms with E-state index in [0.29, 0.717) is 35.1 Å². The number of carbonyl (C=O) groups is 1. The maximum absolute atomic E-state index is 13.3. The molecule has 2 saturated heterocycles. The van der Waals surface area contributed by atoms with Gasteiger partial charge in [0.25, 0.3) is 5.91 Å². The van der Waals surface area contributed by atoms with E-state index in [1.54, 1.807) is 18.2 Å². The molecule has 2 aromatic rings. The highest BCUT2D eigenvalue weighted by molar-refractivity contribution is 6.31. The second kappa shape index (κ2) is 11.7. The lowest BCUT2D eigenvalue weighted by atomic mass is 9.92. The van der Waals surface area contributed by atoms with Gasteiger partial charge >= 0.3 is 0 Å². The van der Waals surface area contributed by atoms with Gasteiger partial charge < -0.3 is 24.6 Å². The Morgan fingerprint density at radius 1 is 0.949 bits per heavy atom. The molecule has 0 atom stereocenters. The average molecular weight is 550 g/mol. The second-order valence-electron chi connectivity index (χ2n) is 11.2. The molecule has 4 heterocycles. The number of fused-ring (bicyclic) bond motifs is 1. The highest BCUT2D eigenvalue weighted by Gasteiger charge is 2.36. The van der Waals surface area contributed by atoms with Crippen LogP contribution in [0.4, 0.5) is 5.82 Å². The Morgan fingerprint density at radius 2 is 1.69 bits per heavy atom. The number of amides is 1. The maximum Gasteiger partial charge on any atom is 0.256 e. The summed E-state index contributed by atoms with van der Waals surface area (Å²) in [6, 6.07) is 11.5. The van der Waals surface area contributed by atoms with Crippen molar-refractivity contribution in [2.75, 3.05) is 31.1 Å². The van der Waals surface area contributed by atoms with Crippen molar-refractivity contribution in [2.45, 2.75) is 82.3 Å². The van der Waals surface area contributed by atoms with Crippen LogP contribution >= 0.6 is 11.6 Å². The van der Waals surface area contributed by atoms with E-state index in [2.05, 4.69) is 16.3 Å². The van der Waals surface area contributed by atoms with Gasteiger partial charge in [-0.3, -0.25) is 4.79 Å². The van der Waals surface area contributed by atoms with Gasteiger partial charge in [-0.2, -0.15) is 5.26 Å². The third kappa shape index (κ3) is 5.86. The van der Waals surface area contributed by atoms with E-state index in [9.17, 15) is 4.79 Å². The molecular formula is C30H36ClN5O3. The van der Waals surface area contributed by atoms with Gasteiger partial charge in [0.05, 0.1) is 46.7 Å². The minimum atomic E-state index is 0.0803. The first kappa shape index (κ1) is 26.4. The van der Waals surface area contributed by atoms with Crippen LogP contribution in [0.1, 0.15) is 73.0 Å². The third-order valence-electron chi connectivity index (χ3n) is 8.66. The molecule has 0 unspecified atom stereocenters. The molecule has 4 aliphatic rings. The number of benzene rings is 1. The first-order valence-electron chi connectivity index (χ1n) is 14.4. The monoisotopic (exact) mass is 549 g/mol. The largest absolute Gasteiger partial charge is 0.490 e. The van der Waals surface area contributed by atoms with Crippen LogP contribution in [-0.4, -0.2) is 66.3 Å². The van der Waals surface area contributed by atoms with Crippen molar-refractivity contribution in [3.8, 4) is 11.8 Å². The third-order valence-corrected chi connectivity index (χ3v) is 8.97. The first-order valence-corrected chi connectivity index (χ1v) is 14.7. The molecule has 9 heteroatoms. The van der Waals surface area contributed by atoms with Crippen molar-refractivity contribution < 1.29 is 14.3 Å². The molecule has 0 spiro atoms. The van der Waals surface area contributed by atoms with E-state index >= 15 is 0 Å². The Morgan fingerprint density at radius 3 is 2.41 bits per heavy atom. The smallest absolute Gasteiger partial charge is 0.256 e. The quantitative estimate of drug-likeness (QED) is 0.559. The summed E-state index contributed by atoms with van der Waals surface area (Å²) in [7, 11) is 0. The Bertz CT molecular complexity index is 1230. The minimum Gasteiger partial charge on any atom is -0.490 e. The number of carbonyl (C=O) groups excluding carboxylic acids is 1. The van der Waals surface area contributed by atoms with E-state index in [-0.39, 0.29) is 18.1 Å². The lowest BCUT2D eigenvalue weighted by Crippen LogP contribution is -2.41.